The van der Waals surface area contributed by atoms with Gasteiger partial charge in [0, 0.05) is 29.1 Å². The zero-order valence-corrected chi connectivity index (χ0v) is 22.5. The zero-order valence-electron chi connectivity index (χ0n) is 20.9. The second-order valence-electron chi connectivity index (χ2n) is 9.48. The fourth-order valence-corrected chi connectivity index (χ4v) is 5.67. The molecular formula is C28H29ClFN3O4S. The first kappa shape index (κ1) is 27.6. The highest BCUT2D eigenvalue weighted by atomic mass is 35.5. The number of hydrogen-bond donors (Lipinski definition) is 2. The van der Waals surface area contributed by atoms with E-state index in [2.05, 4.69) is 10.6 Å². The summed E-state index contributed by atoms with van der Waals surface area (Å²) >= 11 is 5.92. The third-order valence-electron chi connectivity index (χ3n) is 6.51. The standard InChI is InChI=1S/C28H29ClFN3O4S/c1-38(36,37)26-9-5-4-8-23(26)20-10-15-25(24(30)16-20)32-27(34)18-33(17-19-6-2-3-7-19)28(35)31-22-13-11-21(29)12-14-22/h4-5,8-16,19H,2-3,6-7,17-18H2,1H3,(H,31,35)(H,32,34). The number of carbonyl (C=O) groups excluding carboxylic acids is 2. The fraction of sp³-hybridized carbons (Fsp3) is 0.286. The molecule has 0 aromatic heterocycles. The van der Waals surface area contributed by atoms with E-state index in [1.54, 1.807) is 48.5 Å². The number of nitrogens with zero attached hydrogens (tertiary/aromatic N) is 1. The molecule has 0 bridgehead atoms. The quantitative estimate of drug-likeness (QED) is 0.344. The monoisotopic (exact) mass is 557 g/mol. The van der Waals surface area contributed by atoms with Crippen molar-refractivity contribution in [2.24, 2.45) is 5.92 Å². The number of anilines is 2. The Morgan fingerprint density at radius 2 is 1.68 bits per heavy atom. The van der Waals surface area contributed by atoms with E-state index in [-0.39, 0.29) is 17.1 Å². The number of amides is 3. The molecule has 1 aliphatic carbocycles. The van der Waals surface area contributed by atoms with Gasteiger partial charge in [0.1, 0.15) is 12.4 Å². The van der Waals surface area contributed by atoms with Gasteiger partial charge >= 0.3 is 6.03 Å². The lowest BCUT2D eigenvalue weighted by molar-refractivity contribution is -0.116. The Morgan fingerprint density at radius 1 is 1.00 bits per heavy atom. The van der Waals surface area contributed by atoms with Crippen LogP contribution in [0.15, 0.2) is 71.6 Å². The van der Waals surface area contributed by atoms with Crippen molar-refractivity contribution in [3.8, 4) is 11.1 Å². The van der Waals surface area contributed by atoms with Crippen LogP contribution in [-0.2, 0) is 14.6 Å². The smallest absolute Gasteiger partial charge is 0.322 e. The van der Waals surface area contributed by atoms with Crippen LogP contribution in [-0.4, -0.2) is 44.6 Å². The first-order chi connectivity index (χ1) is 18.1. The number of urea groups is 1. The molecule has 1 fully saturated rings. The van der Waals surface area contributed by atoms with Gasteiger partial charge in [-0.2, -0.15) is 0 Å². The SMILES string of the molecule is CS(=O)(=O)c1ccccc1-c1ccc(NC(=O)CN(CC2CCCC2)C(=O)Nc2ccc(Cl)cc2)c(F)c1. The minimum Gasteiger partial charge on any atom is -0.322 e. The summed E-state index contributed by atoms with van der Waals surface area (Å²) in [4.78, 5) is 27.5. The van der Waals surface area contributed by atoms with Crippen LogP contribution < -0.4 is 10.6 Å². The average molecular weight is 558 g/mol. The first-order valence-corrected chi connectivity index (χ1v) is 14.6. The van der Waals surface area contributed by atoms with Crippen LogP contribution in [0.1, 0.15) is 25.7 Å². The fourth-order valence-electron chi connectivity index (χ4n) is 4.64. The summed E-state index contributed by atoms with van der Waals surface area (Å²) in [6.07, 6.45) is 5.24. The number of nitrogens with one attached hydrogen (secondary N) is 2. The molecule has 4 rings (SSSR count). The van der Waals surface area contributed by atoms with Crippen LogP contribution in [0.3, 0.4) is 0 Å². The molecule has 3 amide bonds. The van der Waals surface area contributed by atoms with Gasteiger partial charge in [-0.3, -0.25) is 4.79 Å². The van der Waals surface area contributed by atoms with Crippen molar-refractivity contribution < 1.29 is 22.4 Å². The molecule has 0 heterocycles. The molecule has 10 heteroatoms. The number of halogens is 2. The minimum absolute atomic E-state index is 0.0606. The van der Waals surface area contributed by atoms with Gasteiger partial charge in [0.25, 0.3) is 0 Å². The van der Waals surface area contributed by atoms with Gasteiger partial charge < -0.3 is 15.5 Å². The second-order valence-corrected chi connectivity index (χ2v) is 11.9. The summed E-state index contributed by atoms with van der Waals surface area (Å²) in [5, 5.41) is 5.88. The predicted octanol–water partition coefficient (Wildman–Crippen LogP) is 6.21. The molecule has 38 heavy (non-hydrogen) atoms. The van der Waals surface area contributed by atoms with Crippen LogP contribution >= 0.6 is 11.6 Å². The molecule has 0 aliphatic heterocycles. The van der Waals surface area contributed by atoms with Gasteiger partial charge in [-0.05, 0) is 66.8 Å². The normalized spacial score (nSPS) is 13.8. The van der Waals surface area contributed by atoms with Crippen LogP contribution in [0.25, 0.3) is 11.1 Å². The molecule has 2 N–H and O–H groups in total. The highest BCUT2D eigenvalue weighted by Crippen LogP contribution is 2.30. The van der Waals surface area contributed by atoms with Gasteiger partial charge in [-0.1, -0.05) is 48.7 Å². The number of sulfone groups is 1. The Kier molecular flexibility index (Phi) is 8.69. The van der Waals surface area contributed by atoms with Gasteiger partial charge in [-0.15, -0.1) is 0 Å². The van der Waals surface area contributed by atoms with E-state index < -0.39 is 27.6 Å². The summed E-state index contributed by atoms with van der Waals surface area (Å²) < 4.78 is 39.3. The molecule has 3 aromatic rings. The summed E-state index contributed by atoms with van der Waals surface area (Å²) in [5.41, 5.74) is 1.22. The lowest BCUT2D eigenvalue weighted by atomic mass is 10.0. The number of carbonyl (C=O) groups is 2. The molecule has 0 saturated heterocycles. The Bertz CT molecular complexity index is 1420. The van der Waals surface area contributed by atoms with E-state index >= 15 is 4.39 Å². The lowest BCUT2D eigenvalue weighted by Crippen LogP contribution is -2.43. The molecule has 0 atom stereocenters. The average Bonchev–Trinajstić information content (AvgIpc) is 3.39. The first-order valence-electron chi connectivity index (χ1n) is 12.3. The van der Waals surface area contributed by atoms with E-state index in [0.717, 1.165) is 31.9 Å². The maximum Gasteiger partial charge on any atom is 0.322 e. The number of benzene rings is 3. The molecule has 200 valence electrons. The maximum atomic E-state index is 15.0. The van der Waals surface area contributed by atoms with Crippen molar-refractivity contribution in [2.75, 3.05) is 30.0 Å². The van der Waals surface area contributed by atoms with Gasteiger partial charge in [-0.25, -0.2) is 17.6 Å². The molecule has 3 aromatic carbocycles. The molecule has 0 unspecified atom stereocenters. The van der Waals surface area contributed by atoms with Crippen LogP contribution in [0.2, 0.25) is 5.02 Å². The largest absolute Gasteiger partial charge is 0.322 e. The van der Waals surface area contributed by atoms with Crippen LogP contribution in [0.4, 0.5) is 20.6 Å². The lowest BCUT2D eigenvalue weighted by Gasteiger charge is -2.25. The molecule has 0 radical (unpaired) electrons. The summed E-state index contributed by atoms with van der Waals surface area (Å²) in [5.74, 6) is -0.964. The number of hydrogen-bond acceptors (Lipinski definition) is 4. The van der Waals surface area contributed by atoms with Crippen molar-refractivity contribution >= 4 is 44.8 Å². The van der Waals surface area contributed by atoms with Crippen LogP contribution in [0.5, 0.6) is 0 Å². The summed E-state index contributed by atoms with van der Waals surface area (Å²) in [6.45, 7) is 0.157. The van der Waals surface area contributed by atoms with E-state index in [0.29, 0.717) is 34.3 Å². The summed E-state index contributed by atoms with van der Waals surface area (Å²) in [6, 6.07) is 16.7. The summed E-state index contributed by atoms with van der Waals surface area (Å²) in [7, 11) is -3.52. The topological polar surface area (TPSA) is 95.6 Å². The van der Waals surface area contributed by atoms with Crippen LogP contribution in [0, 0.1) is 11.7 Å². The Hall–Kier alpha value is -3.43. The highest BCUT2D eigenvalue weighted by molar-refractivity contribution is 7.90. The highest BCUT2D eigenvalue weighted by Gasteiger charge is 2.24. The van der Waals surface area contributed by atoms with E-state index in [1.165, 1.54) is 23.1 Å². The molecule has 0 spiro atoms. The Labute approximate surface area is 226 Å². The molecule has 7 nitrogen and oxygen atoms in total. The van der Waals surface area contributed by atoms with Crippen molar-refractivity contribution in [3.63, 3.8) is 0 Å². The predicted molar refractivity (Wildman–Crippen MR) is 148 cm³/mol. The van der Waals surface area contributed by atoms with Crippen molar-refractivity contribution in [1.82, 2.24) is 4.90 Å². The van der Waals surface area contributed by atoms with Gasteiger partial charge in [0.05, 0.1) is 10.6 Å². The number of rotatable bonds is 8. The third-order valence-corrected chi connectivity index (χ3v) is 7.92. The van der Waals surface area contributed by atoms with Crippen molar-refractivity contribution in [1.29, 1.82) is 0 Å². The van der Waals surface area contributed by atoms with Crippen molar-refractivity contribution in [2.45, 2.75) is 30.6 Å². The Balaban J connectivity index is 1.48. The van der Waals surface area contributed by atoms with E-state index in [9.17, 15) is 18.0 Å². The Morgan fingerprint density at radius 3 is 2.34 bits per heavy atom. The molecule has 1 aliphatic rings. The maximum absolute atomic E-state index is 15.0. The van der Waals surface area contributed by atoms with Gasteiger partial charge in [0.2, 0.25) is 5.91 Å². The molecular weight excluding hydrogens is 529 g/mol. The van der Waals surface area contributed by atoms with Gasteiger partial charge in [0.15, 0.2) is 9.84 Å². The molecule has 1 saturated carbocycles. The van der Waals surface area contributed by atoms with E-state index in [1.807, 2.05) is 0 Å². The second kappa shape index (κ2) is 12.0. The zero-order chi connectivity index (χ0) is 27.3. The third kappa shape index (κ3) is 7.11. The van der Waals surface area contributed by atoms with E-state index in [4.69, 9.17) is 11.6 Å². The van der Waals surface area contributed by atoms with Crippen molar-refractivity contribution in [3.05, 3.63) is 77.6 Å². The minimum atomic E-state index is -3.52.